The van der Waals surface area contributed by atoms with Crippen molar-refractivity contribution in [3.05, 3.63) is 58.1 Å². The van der Waals surface area contributed by atoms with Crippen LogP contribution in [0.5, 0.6) is 0 Å². The summed E-state index contributed by atoms with van der Waals surface area (Å²) in [6.45, 7) is 2.43. The van der Waals surface area contributed by atoms with Crippen molar-refractivity contribution in [3.63, 3.8) is 0 Å². The standard InChI is InChI=1S/C24H19ClF3N3O3/c1-11-4-7-16-14(9-11)23(22(34)29-16)19-18(17-3-2-8-30(17)23)20(32)31(21(19)33)12-5-6-15(25)13(10-12)24(26,27)28/h4-7,9-10,17-19H,2-3,8H2,1H3,(H,29,34)/t17-,18+,19-,23+/m0/s1. The highest BCUT2D eigenvalue weighted by Crippen LogP contribution is 2.60. The first kappa shape index (κ1) is 21.6. The number of nitrogens with one attached hydrogen (secondary N) is 1. The van der Waals surface area contributed by atoms with Crippen LogP contribution in [0.25, 0.3) is 0 Å². The van der Waals surface area contributed by atoms with Crippen molar-refractivity contribution in [2.45, 2.75) is 37.5 Å². The number of benzene rings is 2. The molecule has 1 spiro atoms. The van der Waals surface area contributed by atoms with E-state index in [1.54, 1.807) is 6.07 Å². The van der Waals surface area contributed by atoms with E-state index in [1.165, 1.54) is 6.07 Å². The quantitative estimate of drug-likeness (QED) is 0.612. The molecule has 1 N–H and O–H groups in total. The third-order valence-electron chi connectivity index (χ3n) is 7.66. The van der Waals surface area contributed by atoms with E-state index >= 15 is 0 Å². The van der Waals surface area contributed by atoms with E-state index in [2.05, 4.69) is 5.32 Å². The lowest BCUT2D eigenvalue weighted by Gasteiger charge is -2.36. The Morgan fingerprint density at radius 2 is 1.85 bits per heavy atom. The van der Waals surface area contributed by atoms with Crippen molar-refractivity contribution >= 4 is 40.7 Å². The number of hydrogen-bond acceptors (Lipinski definition) is 4. The minimum atomic E-state index is -4.75. The van der Waals surface area contributed by atoms with Gasteiger partial charge < -0.3 is 5.32 Å². The molecule has 6 rings (SSSR count). The summed E-state index contributed by atoms with van der Waals surface area (Å²) in [4.78, 5) is 43.9. The molecule has 0 saturated carbocycles. The fourth-order valence-electron chi connectivity index (χ4n) is 6.44. The van der Waals surface area contributed by atoms with Crippen LogP contribution in [0.4, 0.5) is 24.5 Å². The van der Waals surface area contributed by atoms with Gasteiger partial charge in [0.1, 0.15) is 5.54 Å². The Morgan fingerprint density at radius 3 is 2.59 bits per heavy atom. The second-order valence-corrected chi connectivity index (χ2v) is 9.76. The fraction of sp³-hybridized carbons (Fsp3) is 0.375. The maximum atomic E-state index is 13.9. The highest BCUT2D eigenvalue weighted by atomic mass is 35.5. The first-order chi connectivity index (χ1) is 16.1. The number of anilines is 2. The molecule has 4 atom stereocenters. The van der Waals surface area contributed by atoms with Crippen LogP contribution in [-0.4, -0.2) is 35.2 Å². The van der Waals surface area contributed by atoms with Crippen LogP contribution in [0.1, 0.15) is 29.5 Å². The monoisotopic (exact) mass is 489 g/mol. The zero-order valence-electron chi connectivity index (χ0n) is 17.9. The summed E-state index contributed by atoms with van der Waals surface area (Å²) >= 11 is 5.75. The predicted molar refractivity (Wildman–Crippen MR) is 117 cm³/mol. The number of imide groups is 1. The Morgan fingerprint density at radius 1 is 1.09 bits per heavy atom. The van der Waals surface area contributed by atoms with Crippen molar-refractivity contribution in [3.8, 4) is 0 Å². The molecule has 0 bridgehead atoms. The van der Waals surface area contributed by atoms with E-state index in [9.17, 15) is 27.6 Å². The predicted octanol–water partition coefficient (Wildman–Crippen LogP) is 4.10. The summed E-state index contributed by atoms with van der Waals surface area (Å²) in [6, 6.07) is 8.14. The zero-order chi connectivity index (χ0) is 24.2. The molecule has 176 valence electrons. The van der Waals surface area contributed by atoms with Gasteiger partial charge in [-0.3, -0.25) is 19.3 Å². The number of rotatable bonds is 1. The lowest BCUT2D eigenvalue weighted by Crippen LogP contribution is -2.54. The molecule has 10 heteroatoms. The van der Waals surface area contributed by atoms with E-state index in [4.69, 9.17) is 11.6 Å². The summed E-state index contributed by atoms with van der Waals surface area (Å²) in [7, 11) is 0. The number of carbonyl (C=O) groups is 3. The maximum absolute atomic E-state index is 13.9. The van der Waals surface area contributed by atoms with E-state index in [1.807, 2.05) is 24.0 Å². The summed E-state index contributed by atoms with van der Waals surface area (Å²) in [5, 5.41) is 2.36. The number of nitrogens with zero attached hydrogens (tertiary/aromatic N) is 2. The lowest BCUT2D eigenvalue weighted by molar-refractivity contribution is -0.137. The molecule has 3 fully saturated rings. The Balaban J connectivity index is 1.53. The largest absolute Gasteiger partial charge is 0.417 e. The van der Waals surface area contributed by atoms with Gasteiger partial charge in [0.2, 0.25) is 17.7 Å². The van der Waals surface area contributed by atoms with Crippen LogP contribution < -0.4 is 10.2 Å². The van der Waals surface area contributed by atoms with Gasteiger partial charge in [-0.15, -0.1) is 0 Å². The molecule has 2 aromatic rings. The molecular weight excluding hydrogens is 471 g/mol. The number of aryl methyl sites for hydroxylation is 1. The molecular formula is C24H19ClF3N3O3. The van der Waals surface area contributed by atoms with Crippen molar-refractivity contribution in [2.24, 2.45) is 11.8 Å². The van der Waals surface area contributed by atoms with Gasteiger partial charge >= 0.3 is 6.18 Å². The van der Waals surface area contributed by atoms with Gasteiger partial charge in [0.15, 0.2) is 0 Å². The Labute approximate surface area is 197 Å². The molecule has 4 aliphatic rings. The molecule has 3 saturated heterocycles. The molecule has 34 heavy (non-hydrogen) atoms. The van der Waals surface area contributed by atoms with Crippen molar-refractivity contribution in [1.29, 1.82) is 0 Å². The second-order valence-electron chi connectivity index (χ2n) is 9.35. The van der Waals surface area contributed by atoms with Gasteiger partial charge in [-0.25, -0.2) is 4.90 Å². The normalized spacial score (nSPS) is 30.2. The summed E-state index contributed by atoms with van der Waals surface area (Å²) < 4.78 is 40.4. The van der Waals surface area contributed by atoms with Gasteiger partial charge in [0.25, 0.3) is 0 Å². The smallest absolute Gasteiger partial charge is 0.324 e. The highest BCUT2D eigenvalue weighted by molar-refractivity contribution is 6.32. The molecule has 4 aliphatic heterocycles. The molecule has 3 amide bonds. The van der Waals surface area contributed by atoms with E-state index in [0.29, 0.717) is 24.2 Å². The van der Waals surface area contributed by atoms with Gasteiger partial charge in [-0.1, -0.05) is 29.3 Å². The topological polar surface area (TPSA) is 69.7 Å². The Kier molecular flexibility index (Phi) is 4.34. The SMILES string of the molecule is Cc1ccc2c(c1)[C@]1(C(=O)N2)[C@@H]2C(=O)N(c3ccc(Cl)c(C(F)(F)F)c3)C(=O)[C@@H]2[C@@H]2CCCN21. The minimum absolute atomic E-state index is 0.191. The van der Waals surface area contributed by atoms with Crippen LogP contribution in [0, 0.1) is 18.8 Å². The van der Waals surface area contributed by atoms with Crippen LogP contribution in [0.3, 0.4) is 0 Å². The van der Waals surface area contributed by atoms with Crippen LogP contribution >= 0.6 is 11.6 Å². The Bertz CT molecular complexity index is 1300. The van der Waals surface area contributed by atoms with Crippen molar-refractivity contribution in [1.82, 2.24) is 4.90 Å². The second kappa shape index (κ2) is 6.82. The first-order valence-electron chi connectivity index (χ1n) is 11.0. The van der Waals surface area contributed by atoms with E-state index in [-0.39, 0.29) is 17.6 Å². The lowest BCUT2D eigenvalue weighted by atomic mass is 9.75. The van der Waals surface area contributed by atoms with E-state index < -0.39 is 46.0 Å². The van der Waals surface area contributed by atoms with Gasteiger partial charge in [0.05, 0.1) is 28.1 Å². The number of hydrogen-bond donors (Lipinski definition) is 1. The zero-order valence-corrected chi connectivity index (χ0v) is 18.7. The molecule has 0 aliphatic carbocycles. The van der Waals surface area contributed by atoms with E-state index in [0.717, 1.165) is 29.0 Å². The number of amides is 3. The molecule has 4 heterocycles. The number of halogens is 4. The third kappa shape index (κ3) is 2.54. The van der Waals surface area contributed by atoms with Crippen molar-refractivity contribution in [2.75, 3.05) is 16.8 Å². The van der Waals surface area contributed by atoms with Crippen molar-refractivity contribution < 1.29 is 27.6 Å². The fourth-order valence-corrected chi connectivity index (χ4v) is 6.67. The molecule has 0 unspecified atom stereocenters. The molecule has 2 aromatic carbocycles. The highest BCUT2D eigenvalue weighted by Gasteiger charge is 2.74. The molecule has 6 nitrogen and oxygen atoms in total. The van der Waals surface area contributed by atoms with Gasteiger partial charge in [-0.05, 0) is 50.6 Å². The maximum Gasteiger partial charge on any atom is 0.417 e. The average Bonchev–Trinajstić information content (AvgIpc) is 3.47. The number of alkyl halides is 3. The minimum Gasteiger partial charge on any atom is -0.324 e. The summed E-state index contributed by atoms with van der Waals surface area (Å²) in [5.74, 6) is -3.46. The number of fused-ring (bicyclic) bond motifs is 7. The first-order valence-corrected chi connectivity index (χ1v) is 11.4. The molecule has 0 radical (unpaired) electrons. The number of carbonyl (C=O) groups excluding carboxylic acids is 3. The van der Waals surface area contributed by atoms with Gasteiger partial charge in [0, 0.05) is 17.3 Å². The Hall–Kier alpha value is -2.91. The van der Waals surface area contributed by atoms with Crippen LogP contribution in [0.15, 0.2) is 36.4 Å². The third-order valence-corrected chi connectivity index (χ3v) is 7.99. The van der Waals surface area contributed by atoms with Gasteiger partial charge in [-0.2, -0.15) is 13.2 Å². The summed E-state index contributed by atoms with van der Waals surface area (Å²) in [5.41, 5.74) is -0.549. The average molecular weight is 490 g/mol. The summed E-state index contributed by atoms with van der Waals surface area (Å²) in [6.07, 6.45) is -3.37. The molecule has 0 aromatic heterocycles. The van der Waals surface area contributed by atoms with Crippen LogP contribution in [-0.2, 0) is 26.1 Å². The van der Waals surface area contributed by atoms with Crippen LogP contribution in [0.2, 0.25) is 5.02 Å².